The van der Waals surface area contributed by atoms with Crippen molar-refractivity contribution in [2.75, 3.05) is 13.7 Å². The van der Waals surface area contributed by atoms with Crippen molar-refractivity contribution < 1.29 is 4.74 Å². The van der Waals surface area contributed by atoms with E-state index in [1.54, 1.807) is 11.7 Å². The smallest absolute Gasteiger partial charge is 0.332 e. The molecule has 1 aromatic carbocycles. The van der Waals surface area contributed by atoms with E-state index in [0.29, 0.717) is 23.7 Å². The third kappa shape index (κ3) is 3.50. The standard InChI is InChI=1S/C22H26N6O3/c1-14-8-6-7-9-17(14)13-27-18-19(23-21(27)28-16(3)12-15(2)24-28)25(4)22(30)26(20(18)29)10-11-31-5/h6-9,12H,10-11,13H2,1-5H3. The Morgan fingerprint density at radius 1 is 1.06 bits per heavy atom. The summed E-state index contributed by atoms with van der Waals surface area (Å²) >= 11 is 0. The maximum Gasteiger partial charge on any atom is 0.332 e. The topological polar surface area (TPSA) is 88.9 Å². The summed E-state index contributed by atoms with van der Waals surface area (Å²) in [5, 5.41) is 4.57. The van der Waals surface area contributed by atoms with Gasteiger partial charge in [-0.2, -0.15) is 10.1 Å². The van der Waals surface area contributed by atoms with Crippen molar-refractivity contribution in [3.8, 4) is 5.95 Å². The SMILES string of the molecule is COCCn1c(=O)c2c(nc(-n3nc(C)cc3C)n2Cc2ccccc2C)n(C)c1=O. The van der Waals surface area contributed by atoms with Gasteiger partial charge in [0.2, 0.25) is 5.95 Å². The fraction of sp³-hybridized carbons (Fsp3) is 0.364. The van der Waals surface area contributed by atoms with Crippen molar-refractivity contribution in [3.05, 3.63) is 73.7 Å². The molecule has 4 rings (SSSR count). The molecule has 0 N–H and O–H groups in total. The number of imidazole rings is 1. The monoisotopic (exact) mass is 422 g/mol. The van der Waals surface area contributed by atoms with E-state index in [2.05, 4.69) is 5.10 Å². The molecule has 0 saturated carbocycles. The molecular weight excluding hydrogens is 396 g/mol. The van der Waals surface area contributed by atoms with Crippen molar-refractivity contribution in [1.82, 2.24) is 28.5 Å². The molecule has 0 radical (unpaired) electrons. The molecule has 0 amide bonds. The average Bonchev–Trinajstić information content (AvgIpc) is 3.27. The molecule has 0 atom stereocenters. The number of methoxy groups -OCH3 is 1. The van der Waals surface area contributed by atoms with E-state index in [0.717, 1.165) is 22.5 Å². The lowest BCUT2D eigenvalue weighted by Crippen LogP contribution is -2.40. The van der Waals surface area contributed by atoms with E-state index in [9.17, 15) is 9.59 Å². The van der Waals surface area contributed by atoms with Gasteiger partial charge in [-0.15, -0.1) is 0 Å². The second-order valence-electron chi connectivity index (χ2n) is 7.73. The lowest BCUT2D eigenvalue weighted by Gasteiger charge is -2.13. The van der Waals surface area contributed by atoms with Gasteiger partial charge in [0.15, 0.2) is 11.2 Å². The number of rotatable bonds is 6. The Kier molecular flexibility index (Phi) is 5.36. The van der Waals surface area contributed by atoms with Crippen LogP contribution in [-0.4, -0.2) is 42.2 Å². The van der Waals surface area contributed by atoms with Gasteiger partial charge >= 0.3 is 5.69 Å². The number of ether oxygens (including phenoxy) is 1. The molecule has 0 aliphatic carbocycles. The van der Waals surface area contributed by atoms with Crippen molar-refractivity contribution in [1.29, 1.82) is 0 Å². The molecular formula is C22H26N6O3. The lowest BCUT2D eigenvalue weighted by atomic mass is 10.1. The minimum absolute atomic E-state index is 0.169. The highest BCUT2D eigenvalue weighted by molar-refractivity contribution is 5.73. The Bertz CT molecular complexity index is 1390. The van der Waals surface area contributed by atoms with Crippen LogP contribution in [0.5, 0.6) is 0 Å². The Hall–Kier alpha value is -3.46. The van der Waals surface area contributed by atoms with Gasteiger partial charge in [-0.1, -0.05) is 24.3 Å². The lowest BCUT2D eigenvalue weighted by molar-refractivity contribution is 0.184. The summed E-state index contributed by atoms with van der Waals surface area (Å²) in [4.78, 5) is 31.0. The first-order valence-corrected chi connectivity index (χ1v) is 10.1. The Balaban J connectivity index is 2.07. The zero-order valence-electron chi connectivity index (χ0n) is 18.4. The van der Waals surface area contributed by atoms with Crippen LogP contribution in [0.1, 0.15) is 22.5 Å². The van der Waals surface area contributed by atoms with Gasteiger partial charge in [-0.25, -0.2) is 9.48 Å². The van der Waals surface area contributed by atoms with E-state index in [4.69, 9.17) is 9.72 Å². The molecule has 3 heterocycles. The van der Waals surface area contributed by atoms with Crippen LogP contribution in [-0.2, 0) is 24.9 Å². The first kappa shape index (κ1) is 20.8. The normalized spacial score (nSPS) is 11.5. The quantitative estimate of drug-likeness (QED) is 0.472. The summed E-state index contributed by atoms with van der Waals surface area (Å²) in [7, 11) is 3.17. The summed E-state index contributed by atoms with van der Waals surface area (Å²) in [5.41, 5.74) is 3.79. The van der Waals surface area contributed by atoms with Crippen LogP contribution in [0, 0.1) is 20.8 Å². The van der Waals surface area contributed by atoms with Gasteiger partial charge in [-0.05, 0) is 38.0 Å². The predicted octanol–water partition coefficient (Wildman–Crippen LogP) is 1.70. The van der Waals surface area contributed by atoms with E-state index in [-0.39, 0.29) is 18.7 Å². The average molecular weight is 422 g/mol. The van der Waals surface area contributed by atoms with Gasteiger partial charge in [0, 0.05) is 19.9 Å². The predicted molar refractivity (Wildman–Crippen MR) is 118 cm³/mol. The number of nitrogens with zero attached hydrogens (tertiary/aromatic N) is 6. The van der Waals surface area contributed by atoms with Crippen LogP contribution in [0.4, 0.5) is 0 Å². The van der Waals surface area contributed by atoms with Crippen LogP contribution < -0.4 is 11.2 Å². The molecule has 0 saturated heterocycles. The molecule has 0 aliphatic heterocycles. The second kappa shape index (κ2) is 7.99. The van der Waals surface area contributed by atoms with Crippen LogP contribution in [0.3, 0.4) is 0 Å². The zero-order chi connectivity index (χ0) is 22.3. The molecule has 31 heavy (non-hydrogen) atoms. The van der Waals surface area contributed by atoms with Gasteiger partial charge in [-0.3, -0.25) is 18.5 Å². The molecule has 0 fully saturated rings. The van der Waals surface area contributed by atoms with Gasteiger partial charge < -0.3 is 4.74 Å². The van der Waals surface area contributed by atoms with Crippen LogP contribution in [0.2, 0.25) is 0 Å². The largest absolute Gasteiger partial charge is 0.383 e. The molecule has 3 aromatic heterocycles. The van der Waals surface area contributed by atoms with Crippen molar-refractivity contribution in [2.24, 2.45) is 7.05 Å². The number of aromatic nitrogens is 6. The van der Waals surface area contributed by atoms with E-state index < -0.39 is 5.69 Å². The first-order valence-electron chi connectivity index (χ1n) is 10.1. The van der Waals surface area contributed by atoms with Crippen LogP contribution in [0.15, 0.2) is 39.9 Å². The Morgan fingerprint density at radius 2 is 1.81 bits per heavy atom. The number of benzene rings is 1. The minimum Gasteiger partial charge on any atom is -0.383 e. The van der Waals surface area contributed by atoms with Gasteiger partial charge in [0.05, 0.1) is 25.4 Å². The molecule has 0 aliphatic rings. The molecule has 0 spiro atoms. The molecule has 9 heteroatoms. The summed E-state index contributed by atoms with van der Waals surface area (Å²) in [6.45, 7) is 6.73. The molecule has 9 nitrogen and oxygen atoms in total. The summed E-state index contributed by atoms with van der Waals surface area (Å²) in [5.74, 6) is 0.500. The summed E-state index contributed by atoms with van der Waals surface area (Å²) in [6, 6.07) is 9.96. The fourth-order valence-corrected chi connectivity index (χ4v) is 3.84. The van der Waals surface area contributed by atoms with E-state index in [1.165, 1.54) is 16.2 Å². The van der Waals surface area contributed by atoms with Crippen molar-refractivity contribution >= 4 is 11.2 Å². The fourth-order valence-electron chi connectivity index (χ4n) is 3.84. The highest BCUT2D eigenvalue weighted by atomic mass is 16.5. The molecule has 162 valence electrons. The Labute approximate surface area is 179 Å². The highest BCUT2D eigenvalue weighted by Gasteiger charge is 2.23. The molecule has 0 bridgehead atoms. The van der Waals surface area contributed by atoms with Gasteiger partial charge in [0.25, 0.3) is 5.56 Å². The van der Waals surface area contributed by atoms with Gasteiger partial charge in [0.1, 0.15) is 0 Å². The number of hydrogen-bond acceptors (Lipinski definition) is 5. The van der Waals surface area contributed by atoms with Crippen molar-refractivity contribution in [3.63, 3.8) is 0 Å². The summed E-state index contributed by atoms with van der Waals surface area (Å²) in [6.07, 6.45) is 0. The van der Waals surface area contributed by atoms with Crippen LogP contribution in [0.25, 0.3) is 17.1 Å². The number of aryl methyl sites for hydroxylation is 4. The number of hydrogen-bond donors (Lipinski definition) is 0. The molecule has 0 unspecified atom stereocenters. The minimum atomic E-state index is -0.421. The second-order valence-corrected chi connectivity index (χ2v) is 7.73. The van der Waals surface area contributed by atoms with E-state index >= 15 is 0 Å². The maximum absolute atomic E-state index is 13.4. The zero-order valence-corrected chi connectivity index (χ0v) is 18.4. The van der Waals surface area contributed by atoms with Crippen molar-refractivity contribution in [2.45, 2.75) is 33.9 Å². The third-order valence-corrected chi connectivity index (χ3v) is 5.52. The highest BCUT2D eigenvalue weighted by Crippen LogP contribution is 2.20. The summed E-state index contributed by atoms with van der Waals surface area (Å²) < 4.78 is 11.3. The van der Waals surface area contributed by atoms with E-state index in [1.807, 2.05) is 55.7 Å². The maximum atomic E-state index is 13.4. The number of fused-ring (bicyclic) bond motifs is 1. The first-order chi connectivity index (χ1) is 14.8. The Morgan fingerprint density at radius 3 is 2.45 bits per heavy atom. The third-order valence-electron chi connectivity index (χ3n) is 5.52. The molecule has 4 aromatic rings. The van der Waals surface area contributed by atoms with Crippen LogP contribution >= 0.6 is 0 Å².